The predicted molar refractivity (Wildman–Crippen MR) is 82.6 cm³/mol. The lowest BCUT2D eigenvalue weighted by Gasteiger charge is -2.31. The van der Waals surface area contributed by atoms with Crippen LogP contribution in [0.25, 0.3) is 0 Å². The van der Waals surface area contributed by atoms with E-state index in [1.165, 1.54) is 5.56 Å². The molecule has 1 aromatic rings. The third kappa shape index (κ3) is 6.37. The molecule has 116 valence electrons. The van der Waals surface area contributed by atoms with Gasteiger partial charge in [-0.3, -0.25) is 9.59 Å². The molecule has 0 aliphatic carbocycles. The van der Waals surface area contributed by atoms with Gasteiger partial charge in [-0.15, -0.1) is 0 Å². The number of hydrogen-bond acceptors (Lipinski definition) is 4. The smallest absolute Gasteiger partial charge is 0.309 e. The van der Waals surface area contributed by atoms with Crippen molar-refractivity contribution < 1.29 is 9.59 Å². The van der Waals surface area contributed by atoms with Gasteiger partial charge in [0.15, 0.2) is 0 Å². The van der Waals surface area contributed by atoms with Crippen molar-refractivity contribution in [3.05, 3.63) is 35.9 Å². The maximum absolute atomic E-state index is 10.2. The lowest BCUT2D eigenvalue weighted by atomic mass is 10.1. The Balaban J connectivity index is 0.000000240. The van der Waals surface area contributed by atoms with Gasteiger partial charge in [0.05, 0.1) is 0 Å². The molecular weight excluding hydrogens is 268 g/mol. The number of likely N-dealkylation sites (N-methyl/N-ethyl adjacent to an activating group) is 2. The summed E-state index contributed by atoms with van der Waals surface area (Å²) < 4.78 is 0. The molecule has 1 aromatic carbocycles. The van der Waals surface area contributed by atoms with Gasteiger partial charge in [-0.2, -0.15) is 0 Å². The summed E-state index contributed by atoms with van der Waals surface area (Å²) in [5.74, 6) is -1.67. The lowest BCUT2D eigenvalue weighted by Crippen LogP contribution is -2.43. The van der Waals surface area contributed by atoms with Crippen LogP contribution in [0.3, 0.4) is 0 Å². The van der Waals surface area contributed by atoms with Gasteiger partial charge in [0.25, 0.3) is 0 Å². The molecular formula is C15H24N4O2. The van der Waals surface area contributed by atoms with Crippen LogP contribution in [0.5, 0.6) is 0 Å². The van der Waals surface area contributed by atoms with Crippen molar-refractivity contribution in [2.45, 2.75) is 13.0 Å². The maximum atomic E-state index is 10.2. The van der Waals surface area contributed by atoms with Crippen LogP contribution in [0, 0.1) is 0 Å². The number of piperazine rings is 1. The summed E-state index contributed by atoms with van der Waals surface area (Å²) in [5, 5.41) is 5.76. The van der Waals surface area contributed by atoms with E-state index >= 15 is 0 Å². The molecule has 0 spiro atoms. The molecule has 1 unspecified atom stereocenters. The standard InChI is InChI=1S/C11H16N2.C4H8N2O2/c1-13-8-7-12-11(9-13)10-5-3-2-4-6-10;1-2-6-4(8)3(5)7/h2-6,11-12H,7-9H2,1H3;2H2,1H3,(H2,5,7)(H,6,8). The van der Waals surface area contributed by atoms with Gasteiger partial charge in [-0.05, 0) is 19.5 Å². The number of nitrogens with zero attached hydrogens (tertiary/aromatic N) is 1. The molecule has 6 heteroatoms. The number of nitrogens with two attached hydrogens (primary N) is 1. The quantitative estimate of drug-likeness (QED) is 0.663. The minimum absolute atomic E-state index is 0.432. The van der Waals surface area contributed by atoms with E-state index in [9.17, 15) is 9.59 Å². The zero-order valence-corrected chi connectivity index (χ0v) is 12.6. The fraction of sp³-hybridized carbons (Fsp3) is 0.467. The Bertz CT molecular complexity index is 450. The van der Waals surface area contributed by atoms with E-state index < -0.39 is 11.8 Å². The van der Waals surface area contributed by atoms with Crippen molar-refractivity contribution in [2.24, 2.45) is 5.73 Å². The molecule has 0 bridgehead atoms. The van der Waals surface area contributed by atoms with Crippen LogP contribution < -0.4 is 16.4 Å². The topological polar surface area (TPSA) is 87.5 Å². The van der Waals surface area contributed by atoms with Crippen LogP contribution in [0.15, 0.2) is 30.3 Å². The monoisotopic (exact) mass is 292 g/mol. The Morgan fingerprint density at radius 1 is 1.38 bits per heavy atom. The van der Waals surface area contributed by atoms with Crippen LogP contribution in [0.2, 0.25) is 0 Å². The first-order valence-electron chi connectivity index (χ1n) is 7.09. The largest absolute Gasteiger partial charge is 0.361 e. The van der Waals surface area contributed by atoms with Crippen molar-refractivity contribution in [1.29, 1.82) is 0 Å². The maximum Gasteiger partial charge on any atom is 0.309 e. The molecule has 0 saturated carbocycles. The van der Waals surface area contributed by atoms with E-state index in [-0.39, 0.29) is 0 Å². The number of rotatable bonds is 2. The molecule has 4 N–H and O–H groups in total. The predicted octanol–water partition coefficient (Wildman–Crippen LogP) is -0.129. The molecule has 1 aliphatic rings. The average molecular weight is 292 g/mol. The number of amides is 2. The van der Waals surface area contributed by atoms with E-state index in [2.05, 4.69) is 58.6 Å². The van der Waals surface area contributed by atoms with E-state index in [1.807, 2.05) is 0 Å². The van der Waals surface area contributed by atoms with E-state index in [4.69, 9.17) is 0 Å². The first kappa shape index (κ1) is 17.1. The second-order valence-corrected chi connectivity index (χ2v) is 4.90. The Hall–Kier alpha value is -1.92. The van der Waals surface area contributed by atoms with E-state index in [1.54, 1.807) is 6.92 Å². The number of nitrogens with one attached hydrogen (secondary N) is 2. The van der Waals surface area contributed by atoms with Crippen molar-refractivity contribution >= 4 is 11.8 Å². The van der Waals surface area contributed by atoms with Gasteiger partial charge in [0.1, 0.15) is 0 Å². The van der Waals surface area contributed by atoms with Crippen LogP contribution in [-0.4, -0.2) is 49.9 Å². The molecule has 1 heterocycles. The summed E-state index contributed by atoms with van der Waals surface area (Å²) in [6, 6.07) is 11.2. The van der Waals surface area contributed by atoms with Gasteiger partial charge >= 0.3 is 11.8 Å². The molecule has 21 heavy (non-hydrogen) atoms. The summed E-state index contributed by atoms with van der Waals surface area (Å²) in [7, 11) is 2.18. The molecule has 1 saturated heterocycles. The highest BCUT2D eigenvalue weighted by Crippen LogP contribution is 2.15. The van der Waals surface area contributed by atoms with Crippen molar-refractivity contribution in [3.63, 3.8) is 0 Å². The zero-order valence-electron chi connectivity index (χ0n) is 12.6. The molecule has 0 aromatic heterocycles. The number of benzene rings is 1. The van der Waals surface area contributed by atoms with E-state index in [0.29, 0.717) is 12.6 Å². The molecule has 1 atom stereocenters. The SMILES string of the molecule is CCNC(=O)C(N)=O.CN1CCNC(c2ccccc2)C1. The lowest BCUT2D eigenvalue weighted by molar-refractivity contribution is -0.137. The fourth-order valence-corrected chi connectivity index (χ4v) is 2.05. The van der Waals surface area contributed by atoms with Crippen LogP contribution in [0.1, 0.15) is 18.5 Å². The Kier molecular flexibility index (Phi) is 7.42. The summed E-state index contributed by atoms with van der Waals surface area (Å²) in [6.07, 6.45) is 0. The molecule has 1 fully saturated rings. The summed E-state index contributed by atoms with van der Waals surface area (Å²) in [5.41, 5.74) is 5.97. The van der Waals surface area contributed by atoms with Gasteiger partial charge in [-0.25, -0.2) is 0 Å². The minimum atomic E-state index is -0.938. The summed E-state index contributed by atoms with van der Waals surface area (Å²) in [6.45, 7) is 5.51. The second kappa shape index (κ2) is 9.10. The highest BCUT2D eigenvalue weighted by atomic mass is 16.2. The van der Waals surface area contributed by atoms with E-state index in [0.717, 1.165) is 19.6 Å². The van der Waals surface area contributed by atoms with Crippen molar-refractivity contribution in [1.82, 2.24) is 15.5 Å². The first-order chi connectivity index (χ1) is 10.0. The van der Waals surface area contributed by atoms with Crippen molar-refractivity contribution in [2.75, 3.05) is 33.2 Å². The zero-order chi connectivity index (χ0) is 15.7. The number of carbonyl (C=O) groups excluding carboxylic acids is 2. The Morgan fingerprint density at radius 2 is 2.05 bits per heavy atom. The number of carbonyl (C=O) groups is 2. The average Bonchev–Trinajstić information content (AvgIpc) is 2.49. The fourth-order valence-electron chi connectivity index (χ4n) is 2.05. The molecule has 2 rings (SSSR count). The number of primary amides is 1. The first-order valence-corrected chi connectivity index (χ1v) is 7.09. The normalized spacial score (nSPS) is 18.3. The third-order valence-corrected chi connectivity index (χ3v) is 3.14. The van der Waals surface area contributed by atoms with Gasteiger partial charge in [0.2, 0.25) is 0 Å². The highest BCUT2D eigenvalue weighted by molar-refractivity contribution is 6.34. The second-order valence-electron chi connectivity index (χ2n) is 4.90. The Morgan fingerprint density at radius 3 is 2.52 bits per heavy atom. The van der Waals surface area contributed by atoms with Gasteiger partial charge in [0, 0.05) is 32.2 Å². The third-order valence-electron chi connectivity index (χ3n) is 3.14. The summed E-state index contributed by atoms with van der Waals surface area (Å²) in [4.78, 5) is 22.4. The van der Waals surface area contributed by atoms with Crippen LogP contribution in [-0.2, 0) is 9.59 Å². The molecule has 0 radical (unpaired) electrons. The highest BCUT2D eigenvalue weighted by Gasteiger charge is 2.17. The van der Waals surface area contributed by atoms with Crippen LogP contribution >= 0.6 is 0 Å². The molecule has 6 nitrogen and oxygen atoms in total. The Labute approximate surface area is 125 Å². The molecule has 2 amide bonds. The minimum Gasteiger partial charge on any atom is -0.361 e. The van der Waals surface area contributed by atoms with Crippen LogP contribution in [0.4, 0.5) is 0 Å². The number of hydrogen-bond donors (Lipinski definition) is 3. The molecule has 1 aliphatic heterocycles. The van der Waals surface area contributed by atoms with Gasteiger partial charge < -0.3 is 21.3 Å². The van der Waals surface area contributed by atoms with Crippen molar-refractivity contribution in [3.8, 4) is 0 Å². The van der Waals surface area contributed by atoms with Gasteiger partial charge in [-0.1, -0.05) is 30.3 Å². The summed E-state index contributed by atoms with van der Waals surface area (Å²) >= 11 is 0.